The SMILES string of the molecule is [CH2]CC=CC1CNNC1. The molecule has 1 rings (SSSR count). The molecule has 1 aliphatic heterocycles. The minimum absolute atomic E-state index is 0.673. The minimum Gasteiger partial charge on any atom is -0.257 e. The summed E-state index contributed by atoms with van der Waals surface area (Å²) in [6, 6.07) is 0. The van der Waals surface area contributed by atoms with E-state index in [1.54, 1.807) is 0 Å². The molecule has 0 atom stereocenters. The summed E-state index contributed by atoms with van der Waals surface area (Å²) in [5.41, 5.74) is 6.12. The molecule has 1 radical (unpaired) electrons. The van der Waals surface area contributed by atoms with Crippen LogP contribution in [-0.4, -0.2) is 13.1 Å². The first kappa shape index (κ1) is 6.78. The standard InChI is InChI=1S/C7H13N2/c1-2-3-4-7-5-8-9-6-7/h3-4,7-9H,1-2,5-6H2. The van der Waals surface area contributed by atoms with Gasteiger partial charge in [0, 0.05) is 19.0 Å². The fraction of sp³-hybridized carbons (Fsp3) is 0.571. The van der Waals surface area contributed by atoms with Crippen molar-refractivity contribution in [2.75, 3.05) is 13.1 Å². The lowest BCUT2D eigenvalue weighted by atomic mass is 10.1. The van der Waals surface area contributed by atoms with Crippen molar-refractivity contribution < 1.29 is 0 Å². The second-order valence-electron chi connectivity index (χ2n) is 2.24. The van der Waals surface area contributed by atoms with E-state index in [4.69, 9.17) is 0 Å². The Morgan fingerprint density at radius 3 is 2.67 bits per heavy atom. The van der Waals surface area contributed by atoms with Crippen LogP contribution in [0.5, 0.6) is 0 Å². The summed E-state index contributed by atoms with van der Waals surface area (Å²) in [4.78, 5) is 0. The van der Waals surface area contributed by atoms with Gasteiger partial charge in [-0.25, -0.2) is 0 Å². The van der Waals surface area contributed by atoms with Gasteiger partial charge in [-0.05, 0) is 13.3 Å². The van der Waals surface area contributed by atoms with Crippen LogP contribution in [0, 0.1) is 12.8 Å². The van der Waals surface area contributed by atoms with E-state index in [-0.39, 0.29) is 0 Å². The zero-order valence-electron chi connectivity index (χ0n) is 5.56. The van der Waals surface area contributed by atoms with Crippen molar-refractivity contribution in [2.45, 2.75) is 6.42 Å². The lowest BCUT2D eigenvalue weighted by Crippen LogP contribution is -2.21. The van der Waals surface area contributed by atoms with E-state index in [2.05, 4.69) is 29.9 Å². The van der Waals surface area contributed by atoms with Crippen molar-refractivity contribution in [2.24, 2.45) is 5.92 Å². The van der Waals surface area contributed by atoms with Gasteiger partial charge in [0.05, 0.1) is 0 Å². The average molecular weight is 125 g/mol. The van der Waals surface area contributed by atoms with Gasteiger partial charge in [0.25, 0.3) is 0 Å². The molecule has 0 aromatic heterocycles. The number of rotatable bonds is 2. The maximum Gasteiger partial charge on any atom is 0.0175 e. The molecule has 0 aliphatic carbocycles. The van der Waals surface area contributed by atoms with Crippen molar-refractivity contribution in [3.05, 3.63) is 19.1 Å². The fourth-order valence-electron chi connectivity index (χ4n) is 0.903. The van der Waals surface area contributed by atoms with Crippen LogP contribution in [-0.2, 0) is 0 Å². The third-order valence-electron chi connectivity index (χ3n) is 1.43. The molecule has 0 unspecified atom stereocenters. The molecular weight excluding hydrogens is 112 g/mol. The molecule has 0 bridgehead atoms. The van der Waals surface area contributed by atoms with Gasteiger partial charge in [0.1, 0.15) is 0 Å². The molecule has 9 heavy (non-hydrogen) atoms. The quantitative estimate of drug-likeness (QED) is 0.525. The van der Waals surface area contributed by atoms with Crippen LogP contribution in [0.3, 0.4) is 0 Å². The van der Waals surface area contributed by atoms with E-state index in [0.717, 1.165) is 19.5 Å². The Morgan fingerprint density at radius 2 is 2.11 bits per heavy atom. The third-order valence-corrected chi connectivity index (χ3v) is 1.43. The number of hydrogen-bond donors (Lipinski definition) is 2. The van der Waals surface area contributed by atoms with E-state index in [1.165, 1.54) is 0 Å². The molecule has 2 N–H and O–H groups in total. The van der Waals surface area contributed by atoms with Crippen LogP contribution in [0.15, 0.2) is 12.2 Å². The van der Waals surface area contributed by atoms with E-state index in [0.29, 0.717) is 5.92 Å². The topological polar surface area (TPSA) is 24.1 Å². The van der Waals surface area contributed by atoms with Crippen LogP contribution in [0.2, 0.25) is 0 Å². The van der Waals surface area contributed by atoms with Crippen LogP contribution in [0.1, 0.15) is 6.42 Å². The molecule has 0 spiro atoms. The van der Waals surface area contributed by atoms with Gasteiger partial charge in [0.2, 0.25) is 0 Å². The number of hydrazine groups is 1. The number of hydrogen-bond acceptors (Lipinski definition) is 2. The molecule has 0 saturated carbocycles. The molecule has 1 heterocycles. The van der Waals surface area contributed by atoms with Gasteiger partial charge in [-0.1, -0.05) is 12.2 Å². The highest BCUT2D eigenvalue weighted by Gasteiger charge is 2.08. The average Bonchev–Trinajstić information content (AvgIpc) is 2.34. The summed E-state index contributed by atoms with van der Waals surface area (Å²) in [6.45, 7) is 5.82. The summed E-state index contributed by atoms with van der Waals surface area (Å²) in [6.07, 6.45) is 5.22. The molecule has 1 fully saturated rings. The first-order valence-electron chi connectivity index (χ1n) is 3.35. The van der Waals surface area contributed by atoms with Gasteiger partial charge in [0.15, 0.2) is 0 Å². The maximum absolute atomic E-state index is 3.72. The van der Waals surface area contributed by atoms with Crippen molar-refractivity contribution >= 4 is 0 Å². The Kier molecular flexibility index (Phi) is 2.74. The molecule has 0 aromatic rings. The van der Waals surface area contributed by atoms with Gasteiger partial charge < -0.3 is 0 Å². The first-order valence-corrected chi connectivity index (χ1v) is 3.35. The molecule has 0 aromatic carbocycles. The zero-order valence-corrected chi connectivity index (χ0v) is 5.56. The van der Waals surface area contributed by atoms with Crippen molar-refractivity contribution in [1.82, 2.24) is 10.9 Å². The molecule has 1 saturated heterocycles. The van der Waals surface area contributed by atoms with E-state index in [1.807, 2.05) is 0 Å². The molecular formula is C7H13N2. The normalized spacial score (nSPS) is 21.9. The van der Waals surface area contributed by atoms with Crippen LogP contribution < -0.4 is 10.9 Å². The second-order valence-corrected chi connectivity index (χ2v) is 2.24. The molecule has 2 heteroatoms. The van der Waals surface area contributed by atoms with Crippen molar-refractivity contribution in [1.29, 1.82) is 0 Å². The zero-order chi connectivity index (χ0) is 6.53. The first-order chi connectivity index (χ1) is 4.43. The highest BCUT2D eigenvalue weighted by atomic mass is 15.4. The largest absolute Gasteiger partial charge is 0.257 e. The molecule has 51 valence electrons. The Bertz CT molecular complexity index is 93.1. The van der Waals surface area contributed by atoms with Gasteiger partial charge >= 0.3 is 0 Å². The second kappa shape index (κ2) is 3.64. The lowest BCUT2D eigenvalue weighted by Gasteiger charge is -1.95. The Morgan fingerprint density at radius 1 is 1.44 bits per heavy atom. The fourth-order valence-corrected chi connectivity index (χ4v) is 0.903. The summed E-state index contributed by atoms with van der Waals surface area (Å²) >= 11 is 0. The molecule has 2 nitrogen and oxygen atoms in total. The Balaban J connectivity index is 2.18. The van der Waals surface area contributed by atoms with Gasteiger partial charge in [-0.15, -0.1) is 0 Å². The Labute approximate surface area is 56.3 Å². The van der Waals surface area contributed by atoms with E-state index < -0.39 is 0 Å². The maximum atomic E-state index is 3.72. The van der Waals surface area contributed by atoms with E-state index >= 15 is 0 Å². The van der Waals surface area contributed by atoms with Crippen LogP contribution in [0.25, 0.3) is 0 Å². The van der Waals surface area contributed by atoms with Crippen molar-refractivity contribution in [3.8, 4) is 0 Å². The highest BCUT2D eigenvalue weighted by molar-refractivity contribution is 4.92. The monoisotopic (exact) mass is 125 g/mol. The predicted octanol–water partition coefficient (Wildman–Crippen LogP) is 0.491. The summed E-state index contributed by atoms with van der Waals surface area (Å²) in [5, 5.41) is 0. The van der Waals surface area contributed by atoms with Crippen LogP contribution >= 0.6 is 0 Å². The van der Waals surface area contributed by atoms with Crippen LogP contribution in [0.4, 0.5) is 0 Å². The van der Waals surface area contributed by atoms with Gasteiger partial charge in [-0.3, -0.25) is 10.9 Å². The molecule has 1 aliphatic rings. The number of nitrogens with one attached hydrogen (secondary N) is 2. The predicted molar refractivity (Wildman–Crippen MR) is 38.6 cm³/mol. The van der Waals surface area contributed by atoms with E-state index in [9.17, 15) is 0 Å². The van der Waals surface area contributed by atoms with Gasteiger partial charge in [-0.2, -0.15) is 0 Å². The lowest BCUT2D eigenvalue weighted by molar-refractivity contribution is 0.689. The smallest absolute Gasteiger partial charge is 0.0175 e. The minimum atomic E-state index is 0.673. The third kappa shape index (κ3) is 2.16. The Hall–Kier alpha value is -0.340. The summed E-state index contributed by atoms with van der Waals surface area (Å²) < 4.78 is 0. The number of allylic oxidation sites excluding steroid dienone is 1. The van der Waals surface area contributed by atoms with Crippen molar-refractivity contribution in [3.63, 3.8) is 0 Å². The highest BCUT2D eigenvalue weighted by Crippen LogP contribution is 1.99. The summed E-state index contributed by atoms with van der Waals surface area (Å²) in [5.74, 6) is 0.673. The summed E-state index contributed by atoms with van der Waals surface area (Å²) in [7, 11) is 0. The molecule has 0 amide bonds.